The number of aryl methyl sites for hydroxylation is 1. The number of amides is 1. The number of anilines is 1. The van der Waals surface area contributed by atoms with E-state index in [9.17, 15) is 14.9 Å². The van der Waals surface area contributed by atoms with E-state index in [1.54, 1.807) is 19.1 Å². The number of hydrogen-bond donors (Lipinski definition) is 1. The van der Waals surface area contributed by atoms with Crippen LogP contribution < -0.4 is 5.32 Å². The highest BCUT2D eigenvalue weighted by atomic mass is 16.6. The van der Waals surface area contributed by atoms with Gasteiger partial charge in [-0.1, -0.05) is 32.8 Å². The fourth-order valence-corrected chi connectivity index (χ4v) is 2.10. The van der Waals surface area contributed by atoms with Crippen molar-refractivity contribution >= 4 is 17.3 Å². The molecule has 1 unspecified atom stereocenters. The van der Waals surface area contributed by atoms with E-state index in [-0.39, 0.29) is 17.5 Å². The Balaban J connectivity index is 2.79. The maximum Gasteiger partial charge on any atom is 0.274 e. The Morgan fingerprint density at radius 2 is 2.10 bits per heavy atom. The monoisotopic (exact) mass is 278 g/mol. The molecule has 1 amide bonds. The molecule has 0 aliphatic carbocycles. The Morgan fingerprint density at radius 1 is 1.40 bits per heavy atom. The molecule has 0 fully saturated rings. The maximum atomic E-state index is 12.1. The van der Waals surface area contributed by atoms with E-state index in [2.05, 4.69) is 12.2 Å². The normalized spacial score (nSPS) is 11.9. The molecule has 1 aromatic carbocycles. The Kier molecular flexibility index (Phi) is 6.15. The smallest absolute Gasteiger partial charge is 0.274 e. The number of nitrogens with zero attached hydrogens (tertiary/aromatic N) is 1. The molecule has 0 heterocycles. The van der Waals surface area contributed by atoms with Gasteiger partial charge in [-0.05, 0) is 25.8 Å². The minimum atomic E-state index is -0.431. The minimum Gasteiger partial charge on any atom is -0.326 e. The molecule has 5 nitrogen and oxygen atoms in total. The molecule has 0 bridgehead atoms. The van der Waals surface area contributed by atoms with E-state index >= 15 is 0 Å². The first kappa shape index (κ1) is 16.1. The number of nitro benzene ring substituents is 1. The molecule has 110 valence electrons. The van der Waals surface area contributed by atoms with E-state index in [0.717, 1.165) is 25.7 Å². The van der Waals surface area contributed by atoms with Crippen LogP contribution in [0, 0.1) is 23.0 Å². The molecule has 1 rings (SSSR count). The Bertz CT molecular complexity index is 486. The molecule has 1 aromatic rings. The number of unbranched alkanes of at least 4 members (excludes halogenated alkanes) is 1. The number of hydrogen-bond acceptors (Lipinski definition) is 3. The number of rotatable bonds is 7. The van der Waals surface area contributed by atoms with E-state index < -0.39 is 4.92 Å². The average molecular weight is 278 g/mol. The van der Waals surface area contributed by atoms with Gasteiger partial charge in [0.05, 0.1) is 4.92 Å². The Hall–Kier alpha value is -1.91. The van der Waals surface area contributed by atoms with Crippen molar-refractivity contribution in [3.8, 4) is 0 Å². The maximum absolute atomic E-state index is 12.1. The van der Waals surface area contributed by atoms with Gasteiger partial charge in [-0.3, -0.25) is 14.9 Å². The van der Waals surface area contributed by atoms with Crippen molar-refractivity contribution in [3.63, 3.8) is 0 Å². The number of benzene rings is 1. The van der Waals surface area contributed by atoms with Crippen molar-refractivity contribution in [2.75, 3.05) is 5.32 Å². The van der Waals surface area contributed by atoms with Gasteiger partial charge >= 0.3 is 0 Å². The van der Waals surface area contributed by atoms with Crippen molar-refractivity contribution in [1.29, 1.82) is 0 Å². The number of nitrogens with one attached hydrogen (secondary N) is 1. The second kappa shape index (κ2) is 7.62. The standard InChI is InChI=1S/C15H22N2O3/c1-4-6-7-12(5-2)15(18)16-13-9-8-11(3)14(10-13)17(19)20/h8-10,12H,4-7H2,1-3H3,(H,16,18). The van der Waals surface area contributed by atoms with Crippen molar-refractivity contribution in [2.24, 2.45) is 5.92 Å². The molecule has 0 saturated carbocycles. The summed E-state index contributed by atoms with van der Waals surface area (Å²) in [5.74, 6) is -0.0885. The molecule has 0 aromatic heterocycles. The summed E-state index contributed by atoms with van der Waals surface area (Å²) in [4.78, 5) is 22.6. The van der Waals surface area contributed by atoms with Gasteiger partial charge in [0.1, 0.15) is 0 Å². The second-order valence-electron chi connectivity index (χ2n) is 5.00. The highest BCUT2D eigenvalue weighted by Gasteiger charge is 2.17. The van der Waals surface area contributed by atoms with E-state index in [0.29, 0.717) is 11.3 Å². The molecular weight excluding hydrogens is 256 g/mol. The molecule has 0 radical (unpaired) electrons. The number of nitro groups is 1. The van der Waals surface area contributed by atoms with Gasteiger partial charge in [0.25, 0.3) is 5.69 Å². The van der Waals surface area contributed by atoms with Crippen LogP contribution in [0.5, 0.6) is 0 Å². The van der Waals surface area contributed by atoms with E-state index in [4.69, 9.17) is 0 Å². The van der Waals surface area contributed by atoms with Crippen LogP contribution in [0.3, 0.4) is 0 Å². The molecule has 1 N–H and O–H groups in total. The number of carbonyl (C=O) groups is 1. The average Bonchev–Trinajstić information content (AvgIpc) is 2.41. The van der Waals surface area contributed by atoms with Crippen LogP contribution in [0.15, 0.2) is 18.2 Å². The first-order valence-electron chi connectivity index (χ1n) is 7.05. The summed E-state index contributed by atoms with van der Waals surface area (Å²) in [5, 5.41) is 13.7. The van der Waals surface area contributed by atoms with Gasteiger partial charge in [0, 0.05) is 23.2 Å². The van der Waals surface area contributed by atoms with Crippen LogP contribution in [0.25, 0.3) is 0 Å². The van der Waals surface area contributed by atoms with Gasteiger partial charge in [-0.15, -0.1) is 0 Å². The summed E-state index contributed by atoms with van der Waals surface area (Å²) in [6.07, 6.45) is 3.70. The van der Waals surface area contributed by atoms with Crippen molar-refractivity contribution in [3.05, 3.63) is 33.9 Å². The second-order valence-corrected chi connectivity index (χ2v) is 5.00. The van der Waals surface area contributed by atoms with Crippen molar-refractivity contribution < 1.29 is 9.72 Å². The predicted octanol–water partition coefficient (Wildman–Crippen LogP) is 4.06. The highest BCUT2D eigenvalue weighted by Crippen LogP contribution is 2.23. The first-order chi connectivity index (χ1) is 9.49. The lowest BCUT2D eigenvalue weighted by Gasteiger charge is -2.14. The molecule has 1 atom stereocenters. The van der Waals surface area contributed by atoms with Gasteiger partial charge in [-0.25, -0.2) is 0 Å². The first-order valence-corrected chi connectivity index (χ1v) is 7.05. The molecule has 0 aliphatic heterocycles. The summed E-state index contributed by atoms with van der Waals surface area (Å²) in [7, 11) is 0. The Labute approximate surface area is 119 Å². The van der Waals surface area contributed by atoms with Gasteiger partial charge in [0.2, 0.25) is 5.91 Å². The molecule has 20 heavy (non-hydrogen) atoms. The largest absolute Gasteiger partial charge is 0.326 e. The van der Waals surface area contributed by atoms with E-state index in [1.165, 1.54) is 6.07 Å². The van der Waals surface area contributed by atoms with Crippen LogP contribution in [0.2, 0.25) is 0 Å². The summed E-state index contributed by atoms with van der Waals surface area (Å²) in [6, 6.07) is 4.77. The summed E-state index contributed by atoms with van der Waals surface area (Å²) in [5.41, 5.74) is 1.11. The van der Waals surface area contributed by atoms with Crippen LogP contribution in [0.4, 0.5) is 11.4 Å². The highest BCUT2D eigenvalue weighted by molar-refractivity contribution is 5.92. The predicted molar refractivity (Wildman–Crippen MR) is 79.8 cm³/mol. The SMILES string of the molecule is CCCCC(CC)C(=O)Nc1ccc(C)c([N+](=O)[O-])c1. The Morgan fingerprint density at radius 3 is 2.65 bits per heavy atom. The molecule has 0 spiro atoms. The molecule has 0 saturated heterocycles. The molecule has 5 heteroatoms. The van der Waals surface area contributed by atoms with Crippen molar-refractivity contribution in [2.45, 2.75) is 46.5 Å². The summed E-state index contributed by atoms with van der Waals surface area (Å²) >= 11 is 0. The zero-order valence-electron chi connectivity index (χ0n) is 12.3. The number of carbonyl (C=O) groups excluding carboxylic acids is 1. The third-order valence-electron chi connectivity index (χ3n) is 3.44. The fraction of sp³-hybridized carbons (Fsp3) is 0.533. The molecule has 0 aliphatic rings. The minimum absolute atomic E-state index is 0.0319. The van der Waals surface area contributed by atoms with Gasteiger partial charge in [-0.2, -0.15) is 0 Å². The zero-order valence-corrected chi connectivity index (χ0v) is 12.3. The van der Waals surface area contributed by atoms with Crippen LogP contribution in [-0.4, -0.2) is 10.8 Å². The summed E-state index contributed by atoms with van der Waals surface area (Å²) in [6.45, 7) is 5.76. The van der Waals surface area contributed by atoms with Crippen molar-refractivity contribution in [1.82, 2.24) is 0 Å². The third kappa shape index (κ3) is 4.33. The quantitative estimate of drug-likeness (QED) is 0.604. The van der Waals surface area contributed by atoms with Crippen LogP contribution in [0.1, 0.15) is 45.1 Å². The van der Waals surface area contributed by atoms with E-state index in [1.807, 2.05) is 6.92 Å². The topological polar surface area (TPSA) is 72.2 Å². The lowest BCUT2D eigenvalue weighted by Crippen LogP contribution is -2.22. The molecular formula is C15H22N2O3. The van der Waals surface area contributed by atoms with Gasteiger partial charge < -0.3 is 5.32 Å². The van der Waals surface area contributed by atoms with Gasteiger partial charge in [0.15, 0.2) is 0 Å². The summed E-state index contributed by atoms with van der Waals surface area (Å²) < 4.78 is 0. The van der Waals surface area contributed by atoms with Crippen LogP contribution in [-0.2, 0) is 4.79 Å². The lowest BCUT2D eigenvalue weighted by atomic mass is 9.98. The zero-order chi connectivity index (χ0) is 15.1. The fourth-order valence-electron chi connectivity index (χ4n) is 2.10. The lowest BCUT2D eigenvalue weighted by molar-refractivity contribution is -0.385. The third-order valence-corrected chi connectivity index (χ3v) is 3.44. The van der Waals surface area contributed by atoms with Crippen LogP contribution >= 0.6 is 0 Å².